The Bertz CT molecular complexity index is 773. The molecule has 19 heavy (non-hydrogen) atoms. The van der Waals surface area contributed by atoms with Gasteiger partial charge in [-0.05, 0) is 42.2 Å². The van der Waals surface area contributed by atoms with E-state index in [4.69, 9.17) is 11.6 Å². The molecule has 3 heteroatoms. The zero-order chi connectivity index (χ0) is 13.6. The molecule has 2 aromatic carbocycles. The van der Waals surface area contributed by atoms with Gasteiger partial charge in [0.25, 0.3) is 0 Å². The first kappa shape index (κ1) is 13.4. The average Bonchev–Trinajstić information content (AvgIpc) is 2.74. The lowest BCUT2D eigenvalue weighted by Crippen LogP contribution is -1.90. The van der Waals surface area contributed by atoms with Crippen LogP contribution in [0, 0.1) is 0 Å². The molecule has 0 saturated heterocycles. The first-order valence-electron chi connectivity index (χ1n) is 6.47. The summed E-state index contributed by atoms with van der Waals surface area (Å²) in [6.45, 7) is 4.42. The van der Waals surface area contributed by atoms with Crippen molar-refractivity contribution in [2.24, 2.45) is 0 Å². The molecule has 0 aliphatic carbocycles. The van der Waals surface area contributed by atoms with Gasteiger partial charge in [-0.1, -0.05) is 47.4 Å². The predicted octanol–water partition coefficient (Wildman–Crippen LogP) is 6.60. The molecule has 3 aromatic rings. The van der Waals surface area contributed by atoms with Gasteiger partial charge in [-0.2, -0.15) is 0 Å². The Morgan fingerprint density at radius 1 is 1.11 bits per heavy atom. The Kier molecular flexibility index (Phi) is 3.59. The van der Waals surface area contributed by atoms with E-state index in [0.717, 1.165) is 17.9 Å². The monoisotopic (exact) mass is 352 g/mol. The second-order valence-electron chi connectivity index (χ2n) is 4.65. The third-order valence-corrected chi connectivity index (χ3v) is 6.02. The van der Waals surface area contributed by atoms with Crippen molar-refractivity contribution < 1.29 is 0 Å². The first-order chi connectivity index (χ1) is 9.15. The maximum absolute atomic E-state index is 6.11. The summed E-state index contributed by atoms with van der Waals surface area (Å²) in [5.41, 5.74) is 2.81. The van der Waals surface area contributed by atoms with Crippen molar-refractivity contribution in [2.45, 2.75) is 26.7 Å². The van der Waals surface area contributed by atoms with Crippen LogP contribution in [-0.4, -0.2) is 0 Å². The van der Waals surface area contributed by atoms with E-state index in [1.165, 1.54) is 35.8 Å². The van der Waals surface area contributed by atoms with Gasteiger partial charge < -0.3 is 0 Å². The number of fused-ring (bicyclic) bond motifs is 3. The molecule has 0 atom stereocenters. The van der Waals surface area contributed by atoms with Crippen molar-refractivity contribution in [2.75, 3.05) is 0 Å². The minimum atomic E-state index is 0.812. The van der Waals surface area contributed by atoms with E-state index < -0.39 is 0 Å². The highest BCUT2D eigenvalue weighted by atomic mass is 79.9. The van der Waals surface area contributed by atoms with Crippen LogP contribution in [0.2, 0.25) is 5.02 Å². The second-order valence-corrected chi connectivity index (χ2v) is 6.94. The van der Waals surface area contributed by atoms with Crippen LogP contribution in [0.3, 0.4) is 0 Å². The Labute approximate surface area is 130 Å². The molecule has 1 heterocycles. The average molecular weight is 354 g/mol. The smallest absolute Gasteiger partial charge is 0.0420 e. The summed E-state index contributed by atoms with van der Waals surface area (Å²) >= 11 is 11.7. The molecule has 0 bridgehead atoms. The summed E-state index contributed by atoms with van der Waals surface area (Å²) in [6.07, 6.45) is 2.10. The summed E-state index contributed by atoms with van der Waals surface area (Å²) in [5, 5.41) is 3.50. The number of rotatable bonds is 2. The van der Waals surface area contributed by atoms with Crippen LogP contribution in [0.15, 0.2) is 28.7 Å². The van der Waals surface area contributed by atoms with E-state index in [2.05, 4.69) is 48.0 Å². The van der Waals surface area contributed by atoms with Gasteiger partial charge in [0.2, 0.25) is 0 Å². The van der Waals surface area contributed by atoms with Crippen LogP contribution >= 0.6 is 38.9 Å². The molecule has 0 saturated carbocycles. The minimum absolute atomic E-state index is 0.812. The third-order valence-electron chi connectivity index (χ3n) is 3.56. The van der Waals surface area contributed by atoms with Crippen molar-refractivity contribution in [3.63, 3.8) is 0 Å². The molecule has 0 aliphatic heterocycles. The van der Waals surface area contributed by atoms with Gasteiger partial charge in [-0.3, -0.25) is 0 Å². The third kappa shape index (κ3) is 2.10. The number of benzene rings is 2. The maximum atomic E-state index is 6.11. The van der Waals surface area contributed by atoms with Crippen molar-refractivity contribution in [3.8, 4) is 0 Å². The number of hydrogen-bond acceptors (Lipinski definition) is 1. The van der Waals surface area contributed by atoms with E-state index in [-0.39, 0.29) is 0 Å². The molecule has 0 unspecified atom stereocenters. The molecule has 0 nitrogen and oxygen atoms in total. The standard InChI is InChI=1S/C16H14BrClS/c1-3-9-7-13-12-6-5-10(18)8-14(12)19-16(13)11(4-2)15(9)17/h5-8H,3-4H2,1-2H3. The maximum Gasteiger partial charge on any atom is 0.0420 e. The summed E-state index contributed by atoms with van der Waals surface area (Å²) in [7, 11) is 0. The lowest BCUT2D eigenvalue weighted by molar-refractivity contribution is 1.09. The van der Waals surface area contributed by atoms with Crippen LogP contribution in [0.25, 0.3) is 20.2 Å². The highest BCUT2D eigenvalue weighted by molar-refractivity contribution is 9.10. The Balaban J connectivity index is 2.49. The molecular formula is C16H14BrClS. The lowest BCUT2D eigenvalue weighted by Gasteiger charge is -2.09. The largest absolute Gasteiger partial charge is 0.135 e. The van der Waals surface area contributed by atoms with E-state index in [1.807, 2.05) is 17.4 Å². The molecular weight excluding hydrogens is 340 g/mol. The van der Waals surface area contributed by atoms with Crippen molar-refractivity contribution >= 4 is 59.0 Å². The van der Waals surface area contributed by atoms with Crippen LogP contribution in [-0.2, 0) is 12.8 Å². The Hall–Kier alpha value is -0.570. The number of aryl methyl sites for hydroxylation is 2. The van der Waals surface area contributed by atoms with Gasteiger partial charge in [0.1, 0.15) is 0 Å². The van der Waals surface area contributed by atoms with Crippen LogP contribution in [0.4, 0.5) is 0 Å². The molecule has 0 fully saturated rings. The summed E-state index contributed by atoms with van der Waals surface area (Å²) < 4.78 is 3.95. The fourth-order valence-corrected chi connectivity index (χ4v) is 5.15. The number of thiophene rings is 1. The molecule has 98 valence electrons. The SMILES string of the molecule is CCc1cc2c(sc3cc(Cl)ccc32)c(CC)c1Br. The van der Waals surface area contributed by atoms with Crippen molar-refractivity contribution in [3.05, 3.63) is 44.9 Å². The van der Waals surface area contributed by atoms with E-state index in [9.17, 15) is 0 Å². The minimum Gasteiger partial charge on any atom is -0.135 e. The quantitative estimate of drug-likeness (QED) is 0.487. The van der Waals surface area contributed by atoms with E-state index >= 15 is 0 Å². The topological polar surface area (TPSA) is 0 Å². The summed E-state index contributed by atoms with van der Waals surface area (Å²) in [5.74, 6) is 0. The lowest BCUT2D eigenvalue weighted by atomic mass is 10.0. The first-order valence-corrected chi connectivity index (χ1v) is 8.46. The normalized spacial score (nSPS) is 11.6. The van der Waals surface area contributed by atoms with Crippen molar-refractivity contribution in [1.82, 2.24) is 0 Å². The molecule has 0 aliphatic rings. The Morgan fingerprint density at radius 2 is 1.89 bits per heavy atom. The van der Waals surface area contributed by atoms with E-state index in [1.54, 1.807) is 0 Å². The molecule has 0 amide bonds. The molecule has 3 rings (SSSR count). The second kappa shape index (κ2) is 5.08. The zero-order valence-electron chi connectivity index (χ0n) is 10.9. The highest BCUT2D eigenvalue weighted by Crippen LogP contribution is 2.41. The molecule has 1 aromatic heterocycles. The highest BCUT2D eigenvalue weighted by Gasteiger charge is 2.14. The van der Waals surface area contributed by atoms with Crippen LogP contribution in [0.1, 0.15) is 25.0 Å². The van der Waals surface area contributed by atoms with Gasteiger partial charge in [0, 0.05) is 29.7 Å². The fraction of sp³-hybridized carbons (Fsp3) is 0.250. The van der Waals surface area contributed by atoms with Gasteiger partial charge >= 0.3 is 0 Å². The van der Waals surface area contributed by atoms with E-state index in [0.29, 0.717) is 0 Å². The van der Waals surface area contributed by atoms with Crippen LogP contribution in [0.5, 0.6) is 0 Å². The zero-order valence-corrected chi connectivity index (χ0v) is 14.0. The molecule has 0 N–H and O–H groups in total. The van der Waals surface area contributed by atoms with Gasteiger partial charge in [-0.15, -0.1) is 11.3 Å². The van der Waals surface area contributed by atoms with Gasteiger partial charge in [0.15, 0.2) is 0 Å². The summed E-state index contributed by atoms with van der Waals surface area (Å²) in [6, 6.07) is 8.52. The summed E-state index contributed by atoms with van der Waals surface area (Å²) in [4.78, 5) is 0. The molecule has 0 spiro atoms. The fourth-order valence-electron chi connectivity index (χ4n) is 2.56. The molecule has 0 radical (unpaired) electrons. The van der Waals surface area contributed by atoms with Gasteiger partial charge in [0.05, 0.1) is 0 Å². The van der Waals surface area contributed by atoms with Gasteiger partial charge in [-0.25, -0.2) is 0 Å². The van der Waals surface area contributed by atoms with Crippen LogP contribution < -0.4 is 0 Å². The van der Waals surface area contributed by atoms with Crippen molar-refractivity contribution in [1.29, 1.82) is 0 Å². The Morgan fingerprint density at radius 3 is 2.58 bits per heavy atom. The number of hydrogen-bond donors (Lipinski definition) is 0. The predicted molar refractivity (Wildman–Crippen MR) is 90.8 cm³/mol. The number of halogens is 2.